The van der Waals surface area contributed by atoms with Gasteiger partial charge in [0.05, 0.1) is 11.8 Å². The molecule has 0 bridgehead atoms. The van der Waals surface area contributed by atoms with E-state index in [1.807, 2.05) is 0 Å². The zero-order valence-electron chi connectivity index (χ0n) is 15.1. The lowest BCUT2D eigenvalue weighted by atomic mass is 9.83. The Morgan fingerprint density at radius 1 is 1.08 bits per heavy atom. The molecule has 1 spiro atoms. The topological polar surface area (TPSA) is 29.5 Å². The number of carbonyl (C=O) groups excluding carboxylic acids is 1. The number of nitrogens with zero attached hydrogens (tertiary/aromatic N) is 1. The SMILES string of the molecule is Cl.O=C1C(c2ccc(F)cc2)=COC12CCN(CC1CCCCC1)CC2. The summed E-state index contributed by atoms with van der Waals surface area (Å²) in [7, 11) is 0. The number of carbonyl (C=O) groups is 1. The van der Waals surface area contributed by atoms with Crippen molar-refractivity contribution >= 4 is 23.8 Å². The number of ketones is 1. The van der Waals surface area contributed by atoms with Gasteiger partial charge in [0.1, 0.15) is 5.82 Å². The molecule has 3 aliphatic rings. The molecule has 1 aliphatic carbocycles. The van der Waals surface area contributed by atoms with Crippen molar-refractivity contribution in [2.45, 2.75) is 50.5 Å². The summed E-state index contributed by atoms with van der Waals surface area (Å²) in [4.78, 5) is 15.5. The summed E-state index contributed by atoms with van der Waals surface area (Å²) < 4.78 is 19.0. The molecule has 1 aromatic rings. The van der Waals surface area contributed by atoms with E-state index >= 15 is 0 Å². The normalized spacial score (nSPS) is 23.4. The molecule has 3 nitrogen and oxygen atoms in total. The van der Waals surface area contributed by atoms with E-state index in [0.29, 0.717) is 5.57 Å². The largest absolute Gasteiger partial charge is 0.486 e. The van der Waals surface area contributed by atoms with E-state index in [1.165, 1.54) is 50.8 Å². The second-order valence-corrected chi connectivity index (χ2v) is 7.78. The third-order valence-corrected chi connectivity index (χ3v) is 6.12. The first kappa shape index (κ1) is 19.4. The highest BCUT2D eigenvalue weighted by atomic mass is 35.5. The van der Waals surface area contributed by atoms with Gasteiger partial charge in [0.25, 0.3) is 0 Å². The molecule has 2 fully saturated rings. The minimum absolute atomic E-state index is 0. The Balaban J connectivity index is 0.00000196. The molecule has 0 unspecified atom stereocenters. The predicted octanol–water partition coefficient (Wildman–Crippen LogP) is 4.60. The van der Waals surface area contributed by atoms with Gasteiger partial charge < -0.3 is 9.64 Å². The van der Waals surface area contributed by atoms with Crippen LogP contribution in [0.25, 0.3) is 5.57 Å². The first-order valence-electron chi connectivity index (χ1n) is 9.57. The molecule has 1 saturated carbocycles. The standard InChI is InChI=1S/C21H26FNO2.ClH/c22-18-8-6-17(7-9-18)19-15-25-21(20(19)24)10-12-23(13-11-21)14-16-4-2-1-3-5-16;/h6-9,15-16H,1-5,10-14H2;1H. The molecule has 5 heteroatoms. The number of hydrogen-bond acceptors (Lipinski definition) is 3. The maximum absolute atomic E-state index is 13.1. The lowest BCUT2D eigenvalue weighted by Crippen LogP contribution is -2.49. The van der Waals surface area contributed by atoms with E-state index in [2.05, 4.69) is 4.90 Å². The number of benzene rings is 1. The summed E-state index contributed by atoms with van der Waals surface area (Å²) in [6.45, 7) is 3.02. The molecule has 0 N–H and O–H groups in total. The highest BCUT2D eigenvalue weighted by molar-refractivity contribution is 6.26. The molecule has 2 heterocycles. The van der Waals surface area contributed by atoms with Gasteiger partial charge in [-0.25, -0.2) is 4.39 Å². The zero-order chi connectivity index (χ0) is 17.3. The van der Waals surface area contributed by atoms with Crippen LogP contribution in [0.2, 0.25) is 0 Å². The smallest absolute Gasteiger partial charge is 0.210 e. The quantitative estimate of drug-likeness (QED) is 0.768. The minimum atomic E-state index is -0.688. The predicted molar refractivity (Wildman–Crippen MR) is 103 cm³/mol. The van der Waals surface area contributed by atoms with Crippen LogP contribution in [-0.2, 0) is 9.53 Å². The van der Waals surface area contributed by atoms with Gasteiger partial charge >= 0.3 is 0 Å². The van der Waals surface area contributed by atoms with Crippen LogP contribution in [-0.4, -0.2) is 35.9 Å². The Morgan fingerprint density at radius 2 is 1.73 bits per heavy atom. The van der Waals surface area contributed by atoms with Crippen LogP contribution in [0.1, 0.15) is 50.5 Å². The van der Waals surface area contributed by atoms with Gasteiger partial charge in [-0.05, 0) is 36.5 Å². The summed E-state index contributed by atoms with van der Waals surface area (Å²) in [5.41, 5.74) is 0.640. The molecule has 4 rings (SSSR count). The third kappa shape index (κ3) is 3.81. The third-order valence-electron chi connectivity index (χ3n) is 6.12. The van der Waals surface area contributed by atoms with Gasteiger partial charge in [-0.3, -0.25) is 4.79 Å². The van der Waals surface area contributed by atoms with E-state index in [1.54, 1.807) is 18.4 Å². The van der Waals surface area contributed by atoms with E-state index < -0.39 is 5.60 Å². The van der Waals surface area contributed by atoms with E-state index in [9.17, 15) is 9.18 Å². The molecule has 26 heavy (non-hydrogen) atoms. The highest BCUT2D eigenvalue weighted by Crippen LogP contribution is 2.39. The van der Waals surface area contributed by atoms with E-state index in [-0.39, 0.29) is 24.0 Å². The van der Waals surface area contributed by atoms with Crippen molar-refractivity contribution in [2.75, 3.05) is 19.6 Å². The number of ether oxygens (including phenoxy) is 1. The summed E-state index contributed by atoms with van der Waals surface area (Å²) in [5, 5.41) is 0. The van der Waals surface area contributed by atoms with Crippen LogP contribution in [0, 0.1) is 11.7 Å². The number of halogens is 2. The van der Waals surface area contributed by atoms with Crippen LogP contribution in [0.4, 0.5) is 4.39 Å². The van der Waals surface area contributed by atoms with Crippen molar-refractivity contribution in [1.29, 1.82) is 0 Å². The van der Waals surface area contributed by atoms with Gasteiger partial charge in [0.2, 0.25) is 5.78 Å². The van der Waals surface area contributed by atoms with Gasteiger partial charge in [0, 0.05) is 32.5 Å². The Hall–Kier alpha value is -1.39. The monoisotopic (exact) mass is 379 g/mol. The zero-order valence-corrected chi connectivity index (χ0v) is 15.9. The van der Waals surface area contributed by atoms with Crippen molar-refractivity contribution in [3.8, 4) is 0 Å². The van der Waals surface area contributed by atoms with Crippen LogP contribution in [0.15, 0.2) is 30.5 Å². The number of likely N-dealkylation sites (tertiary alicyclic amines) is 1. The summed E-state index contributed by atoms with van der Waals surface area (Å²) in [5.74, 6) is 0.605. The fourth-order valence-electron chi connectivity index (χ4n) is 4.53. The molecule has 0 radical (unpaired) electrons. The Morgan fingerprint density at radius 3 is 2.38 bits per heavy atom. The fraction of sp³-hybridized carbons (Fsp3) is 0.571. The second-order valence-electron chi connectivity index (χ2n) is 7.78. The Kier molecular flexibility index (Phi) is 6.03. The van der Waals surface area contributed by atoms with Crippen molar-refractivity contribution in [1.82, 2.24) is 4.90 Å². The fourth-order valence-corrected chi connectivity index (χ4v) is 4.53. The number of hydrogen-bond donors (Lipinski definition) is 0. The molecule has 142 valence electrons. The van der Waals surface area contributed by atoms with Crippen molar-refractivity contribution in [2.24, 2.45) is 5.92 Å². The maximum atomic E-state index is 13.1. The Labute approximate surface area is 161 Å². The van der Waals surface area contributed by atoms with Crippen LogP contribution in [0.5, 0.6) is 0 Å². The van der Waals surface area contributed by atoms with Gasteiger partial charge in [-0.2, -0.15) is 0 Å². The van der Waals surface area contributed by atoms with Gasteiger partial charge in [0.15, 0.2) is 5.60 Å². The Bertz CT molecular complexity index is 659. The molecule has 0 aromatic heterocycles. The van der Waals surface area contributed by atoms with Crippen molar-refractivity contribution < 1.29 is 13.9 Å². The molecular formula is C21H27ClFNO2. The lowest BCUT2D eigenvalue weighted by Gasteiger charge is -2.39. The summed E-state index contributed by atoms with van der Waals surface area (Å²) >= 11 is 0. The number of piperidine rings is 1. The van der Waals surface area contributed by atoms with Gasteiger partial charge in [-0.15, -0.1) is 12.4 Å². The van der Waals surface area contributed by atoms with Crippen LogP contribution >= 0.6 is 12.4 Å². The van der Waals surface area contributed by atoms with E-state index in [0.717, 1.165) is 37.4 Å². The van der Waals surface area contributed by atoms with Crippen molar-refractivity contribution in [3.05, 3.63) is 41.9 Å². The average molecular weight is 380 g/mol. The van der Waals surface area contributed by atoms with Crippen molar-refractivity contribution in [3.63, 3.8) is 0 Å². The maximum Gasteiger partial charge on any atom is 0.210 e. The first-order valence-corrected chi connectivity index (χ1v) is 9.57. The summed E-state index contributed by atoms with van der Waals surface area (Å²) in [6, 6.07) is 6.09. The minimum Gasteiger partial charge on any atom is -0.486 e. The molecule has 0 amide bonds. The second kappa shape index (κ2) is 8.10. The molecule has 2 aliphatic heterocycles. The average Bonchev–Trinajstić information content (AvgIpc) is 2.95. The van der Waals surface area contributed by atoms with Gasteiger partial charge in [-0.1, -0.05) is 31.4 Å². The molecule has 1 saturated heterocycles. The molecular weight excluding hydrogens is 353 g/mol. The molecule has 1 aromatic carbocycles. The van der Waals surface area contributed by atoms with E-state index in [4.69, 9.17) is 4.74 Å². The first-order chi connectivity index (χ1) is 12.2. The number of rotatable bonds is 3. The lowest BCUT2D eigenvalue weighted by molar-refractivity contribution is -0.133. The highest BCUT2D eigenvalue weighted by Gasteiger charge is 2.48. The van der Waals surface area contributed by atoms with Crippen LogP contribution in [0.3, 0.4) is 0 Å². The number of Topliss-reactive ketones (excluding diaryl/α,β-unsaturated/α-hetero) is 1. The summed E-state index contributed by atoms with van der Waals surface area (Å²) in [6.07, 6.45) is 9.93. The molecule has 0 atom stereocenters. The van der Waals surface area contributed by atoms with Crippen LogP contribution < -0.4 is 0 Å².